The van der Waals surface area contributed by atoms with E-state index in [1.165, 1.54) is 12.1 Å². The van der Waals surface area contributed by atoms with Crippen molar-refractivity contribution in [3.05, 3.63) is 59.7 Å². The van der Waals surface area contributed by atoms with E-state index in [0.29, 0.717) is 43.1 Å². The number of nitrogens with one attached hydrogen (secondary N) is 1. The summed E-state index contributed by atoms with van der Waals surface area (Å²) in [6.07, 6.45) is -0.263. The maximum atomic E-state index is 13.8. The van der Waals surface area contributed by atoms with E-state index >= 15 is 0 Å². The predicted molar refractivity (Wildman–Crippen MR) is 93.1 cm³/mol. The van der Waals surface area contributed by atoms with Gasteiger partial charge in [-0.1, -0.05) is 18.2 Å². The second-order valence-electron chi connectivity index (χ2n) is 6.37. The summed E-state index contributed by atoms with van der Waals surface area (Å²) in [4.78, 5) is 9.60. The molecule has 0 aliphatic carbocycles. The summed E-state index contributed by atoms with van der Waals surface area (Å²) < 4.78 is 48.9. The number of benzene rings is 2. The first kappa shape index (κ1) is 17.8. The van der Waals surface area contributed by atoms with Gasteiger partial charge in [-0.3, -0.25) is 4.90 Å². The monoisotopic (exact) mass is 377 g/mol. The number of nitrogens with zero attached hydrogens (tertiary/aromatic N) is 2. The Bertz CT molecular complexity index is 931. The summed E-state index contributed by atoms with van der Waals surface area (Å²) in [6, 6.07) is 11.3. The smallest absolute Gasteiger partial charge is 0.387 e. The maximum Gasteiger partial charge on any atom is 0.387 e. The molecule has 1 fully saturated rings. The second kappa shape index (κ2) is 7.58. The number of rotatable bonds is 5. The third kappa shape index (κ3) is 4.06. The first-order chi connectivity index (χ1) is 13.1. The Balaban J connectivity index is 1.47. The third-order valence-corrected chi connectivity index (χ3v) is 4.49. The SMILES string of the molecule is Fc1cccc2[nH]c(CN3CCOC(c4cccc(OC(F)F)c4)C3)nc12. The first-order valence-electron chi connectivity index (χ1n) is 8.60. The molecule has 1 aliphatic rings. The molecule has 1 saturated heterocycles. The van der Waals surface area contributed by atoms with Crippen molar-refractivity contribution in [3.63, 3.8) is 0 Å². The molecule has 2 aromatic carbocycles. The van der Waals surface area contributed by atoms with E-state index in [-0.39, 0.29) is 17.7 Å². The molecule has 0 amide bonds. The van der Waals surface area contributed by atoms with Gasteiger partial charge in [0.1, 0.15) is 17.1 Å². The lowest BCUT2D eigenvalue weighted by Gasteiger charge is -2.32. The van der Waals surface area contributed by atoms with Crippen molar-refractivity contribution in [1.29, 1.82) is 0 Å². The van der Waals surface area contributed by atoms with Crippen molar-refractivity contribution in [3.8, 4) is 5.75 Å². The molecule has 0 saturated carbocycles. The van der Waals surface area contributed by atoms with Crippen molar-refractivity contribution in [2.45, 2.75) is 19.3 Å². The number of hydrogen-bond acceptors (Lipinski definition) is 4. The standard InChI is InChI=1S/C19H18F3N3O2/c20-14-5-2-6-15-18(14)24-17(23-15)11-25-7-8-26-16(10-25)12-3-1-4-13(9-12)27-19(21)22/h1-6,9,16,19H,7-8,10-11H2,(H,23,24). The van der Waals surface area contributed by atoms with Crippen LogP contribution in [0.1, 0.15) is 17.5 Å². The molecule has 0 bridgehead atoms. The van der Waals surface area contributed by atoms with Crippen molar-refractivity contribution in [2.75, 3.05) is 19.7 Å². The molecular weight excluding hydrogens is 359 g/mol. The Hall–Kier alpha value is -2.58. The van der Waals surface area contributed by atoms with E-state index in [4.69, 9.17) is 4.74 Å². The molecule has 1 aliphatic heterocycles. The highest BCUT2D eigenvalue weighted by Gasteiger charge is 2.23. The van der Waals surface area contributed by atoms with Gasteiger partial charge in [0.25, 0.3) is 0 Å². The fraction of sp³-hybridized carbons (Fsp3) is 0.316. The summed E-state index contributed by atoms with van der Waals surface area (Å²) >= 11 is 0. The summed E-state index contributed by atoms with van der Waals surface area (Å²) in [5, 5.41) is 0. The molecule has 0 radical (unpaired) electrons. The zero-order valence-corrected chi connectivity index (χ0v) is 14.4. The molecule has 5 nitrogen and oxygen atoms in total. The Kier molecular flexibility index (Phi) is 5.00. The Labute approximate surface area is 153 Å². The Morgan fingerprint density at radius 3 is 2.93 bits per heavy atom. The summed E-state index contributed by atoms with van der Waals surface area (Å²) in [6.45, 7) is -0.584. The minimum absolute atomic E-state index is 0.107. The molecule has 4 rings (SSSR count). The predicted octanol–water partition coefficient (Wildman–Crippen LogP) is 3.88. The van der Waals surface area contributed by atoms with Gasteiger partial charge in [-0.2, -0.15) is 8.78 Å². The van der Waals surface area contributed by atoms with Gasteiger partial charge in [0.15, 0.2) is 5.82 Å². The number of H-pyrrole nitrogens is 1. The minimum Gasteiger partial charge on any atom is -0.435 e. The first-order valence-corrected chi connectivity index (χ1v) is 8.60. The van der Waals surface area contributed by atoms with Crippen LogP contribution in [0, 0.1) is 5.82 Å². The highest BCUT2D eigenvalue weighted by atomic mass is 19.3. The molecule has 2 heterocycles. The molecule has 3 aromatic rings. The van der Waals surface area contributed by atoms with E-state index < -0.39 is 6.61 Å². The molecule has 1 unspecified atom stereocenters. The van der Waals surface area contributed by atoms with Crippen LogP contribution >= 0.6 is 0 Å². The van der Waals surface area contributed by atoms with E-state index in [2.05, 4.69) is 19.6 Å². The van der Waals surface area contributed by atoms with Crippen LogP contribution in [0.5, 0.6) is 5.75 Å². The fourth-order valence-electron chi connectivity index (χ4n) is 3.27. The van der Waals surface area contributed by atoms with Crippen LogP contribution in [-0.2, 0) is 11.3 Å². The van der Waals surface area contributed by atoms with Gasteiger partial charge in [0.05, 0.1) is 24.8 Å². The van der Waals surface area contributed by atoms with Gasteiger partial charge >= 0.3 is 6.61 Å². The van der Waals surface area contributed by atoms with E-state index in [1.807, 2.05) is 6.07 Å². The van der Waals surface area contributed by atoms with Crippen LogP contribution in [0.2, 0.25) is 0 Å². The van der Waals surface area contributed by atoms with Crippen LogP contribution in [0.3, 0.4) is 0 Å². The third-order valence-electron chi connectivity index (χ3n) is 4.49. The number of ether oxygens (including phenoxy) is 2. The number of hydrogen-bond donors (Lipinski definition) is 1. The van der Waals surface area contributed by atoms with E-state index in [0.717, 1.165) is 5.56 Å². The number of halogens is 3. The lowest BCUT2D eigenvalue weighted by atomic mass is 10.1. The van der Waals surface area contributed by atoms with Crippen LogP contribution in [0.4, 0.5) is 13.2 Å². The average Bonchev–Trinajstić information content (AvgIpc) is 3.05. The maximum absolute atomic E-state index is 13.8. The van der Waals surface area contributed by atoms with Gasteiger partial charge in [0, 0.05) is 13.1 Å². The summed E-state index contributed by atoms with van der Waals surface area (Å²) in [5.41, 5.74) is 1.76. The van der Waals surface area contributed by atoms with Crippen LogP contribution in [-0.4, -0.2) is 41.2 Å². The van der Waals surface area contributed by atoms with Crippen molar-refractivity contribution < 1.29 is 22.6 Å². The number of alkyl halides is 2. The van der Waals surface area contributed by atoms with Gasteiger partial charge in [-0.05, 0) is 29.8 Å². The van der Waals surface area contributed by atoms with Gasteiger partial charge in [-0.25, -0.2) is 9.37 Å². The van der Waals surface area contributed by atoms with E-state index in [1.54, 1.807) is 24.3 Å². The molecule has 1 aromatic heterocycles. The quantitative estimate of drug-likeness (QED) is 0.733. The van der Waals surface area contributed by atoms with E-state index in [9.17, 15) is 13.2 Å². The Morgan fingerprint density at radius 1 is 1.26 bits per heavy atom. The zero-order valence-electron chi connectivity index (χ0n) is 14.4. The largest absolute Gasteiger partial charge is 0.435 e. The normalized spacial score (nSPS) is 18.3. The van der Waals surface area contributed by atoms with Crippen LogP contribution in [0.15, 0.2) is 42.5 Å². The molecule has 1 N–H and O–H groups in total. The molecule has 8 heteroatoms. The lowest BCUT2D eigenvalue weighted by Crippen LogP contribution is -2.38. The van der Waals surface area contributed by atoms with Gasteiger partial charge < -0.3 is 14.5 Å². The number of aromatic amines is 1. The van der Waals surface area contributed by atoms with Crippen molar-refractivity contribution in [2.24, 2.45) is 0 Å². The average molecular weight is 377 g/mol. The van der Waals surface area contributed by atoms with Crippen molar-refractivity contribution >= 4 is 11.0 Å². The van der Waals surface area contributed by atoms with Gasteiger partial charge in [0.2, 0.25) is 0 Å². The number of imidazole rings is 1. The number of para-hydroxylation sites is 1. The molecular formula is C19H18F3N3O2. The fourth-order valence-corrected chi connectivity index (χ4v) is 3.27. The van der Waals surface area contributed by atoms with Crippen LogP contribution in [0.25, 0.3) is 11.0 Å². The molecule has 1 atom stereocenters. The molecule has 142 valence electrons. The minimum atomic E-state index is -2.86. The van der Waals surface area contributed by atoms with Crippen LogP contribution < -0.4 is 4.74 Å². The number of morpholine rings is 1. The summed E-state index contributed by atoms with van der Waals surface area (Å²) in [7, 11) is 0. The number of fused-ring (bicyclic) bond motifs is 1. The topological polar surface area (TPSA) is 50.4 Å². The molecule has 27 heavy (non-hydrogen) atoms. The highest BCUT2D eigenvalue weighted by Crippen LogP contribution is 2.27. The van der Waals surface area contributed by atoms with Crippen molar-refractivity contribution in [1.82, 2.24) is 14.9 Å². The Morgan fingerprint density at radius 2 is 2.11 bits per heavy atom. The second-order valence-corrected chi connectivity index (χ2v) is 6.37. The number of aromatic nitrogens is 2. The summed E-state index contributed by atoms with van der Waals surface area (Å²) in [5.74, 6) is 0.423. The lowest BCUT2D eigenvalue weighted by molar-refractivity contribution is -0.0509. The molecule has 0 spiro atoms. The highest BCUT2D eigenvalue weighted by molar-refractivity contribution is 5.75. The zero-order chi connectivity index (χ0) is 18.8. The van der Waals surface area contributed by atoms with Gasteiger partial charge in [-0.15, -0.1) is 0 Å².